The van der Waals surface area contributed by atoms with Crippen LogP contribution >= 0.6 is 0 Å². The molecule has 1 saturated heterocycles. The van der Waals surface area contributed by atoms with Crippen molar-refractivity contribution in [2.45, 2.75) is 50.2 Å². The third-order valence-electron chi connectivity index (χ3n) is 3.83. The van der Waals surface area contributed by atoms with Gasteiger partial charge in [-0.3, -0.25) is 0 Å². The van der Waals surface area contributed by atoms with E-state index in [1.54, 1.807) is 13.8 Å². The first-order valence-electron chi connectivity index (χ1n) is 6.67. The van der Waals surface area contributed by atoms with Gasteiger partial charge >= 0.3 is 6.18 Å². The second-order valence-electron chi connectivity index (χ2n) is 5.99. The minimum absolute atomic E-state index is 0.251. The molecule has 0 bridgehead atoms. The molecule has 0 radical (unpaired) electrons. The molecule has 1 aromatic rings. The topological polar surface area (TPSA) is 37.4 Å². The van der Waals surface area contributed by atoms with Crippen LogP contribution in [0.5, 0.6) is 0 Å². The highest BCUT2D eigenvalue weighted by molar-refractivity contribution is 7.89. The van der Waals surface area contributed by atoms with Crippen molar-refractivity contribution in [3.8, 4) is 0 Å². The van der Waals surface area contributed by atoms with Crippen molar-refractivity contribution in [3.63, 3.8) is 0 Å². The van der Waals surface area contributed by atoms with E-state index < -0.39 is 32.2 Å². The Morgan fingerprint density at radius 2 is 1.86 bits per heavy atom. The van der Waals surface area contributed by atoms with Gasteiger partial charge < -0.3 is 0 Å². The van der Waals surface area contributed by atoms with Gasteiger partial charge in [0.05, 0.1) is 10.5 Å². The van der Waals surface area contributed by atoms with Crippen LogP contribution in [-0.4, -0.2) is 24.8 Å². The molecule has 118 valence electrons. The van der Waals surface area contributed by atoms with Crippen molar-refractivity contribution < 1.29 is 21.6 Å². The van der Waals surface area contributed by atoms with Gasteiger partial charge in [0, 0.05) is 12.1 Å². The lowest BCUT2D eigenvalue weighted by molar-refractivity contribution is -0.140. The Bertz CT molecular complexity index is 651. The summed E-state index contributed by atoms with van der Waals surface area (Å²) in [5, 5.41) is 0. The van der Waals surface area contributed by atoms with Crippen molar-refractivity contribution in [2.75, 3.05) is 6.54 Å². The summed E-state index contributed by atoms with van der Waals surface area (Å²) in [7, 11) is -4.16. The summed E-state index contributed by atoms with van der Waals surface area (Å²) < 4.78 is 66.0. The molecule has 2 rings (SSSR count). The second kappa shape index (κ2) is 4.98. The van der Waals surface area contributed by atoms with Crippen molar-refractivity contribution >= 4 is 10.0 Å². The summed E-state index contributed by atoms with van der Waals surface area (Å²) in [5.41, 5.74) is -1.38. The van der Waals surface area contributed by atoms with Crippen LogP contribution in [0.25, 0.3) is 0 Å². The van der Waals surface area contributed by atoms with E-state index >= 15 is 0 Å². The fourth-order valence-electron chi connectivity index (χ4n) is 2.74. The first-order valence-corrected chi connectivity index (χ1v) is 8.11. The van der Waals surface area contributed by atoms with E-state index in [0.717, 1.165) is 12.1 Å². The maximum atomic E-state index is 13.2. The van der Waals surface area contributed by atoms with Crippen LogP contribution in [0.1, 0.15) is 37.8 Å². The van der Waals surface area contributed by atoms with E-state index in [-0.39, 0.29) is 6.54 Å². The number of halogens is 3. The van der Waals surface area contributed by atoms with Gasteiger partial charge in [0.25, 0.3) is 0 Å². The molecule has 21 heavy (non-hydrogen) atoms. The molecule has 1 heterocycles. The zero-order chi connectivity index (χ0) is 16.1. The normalized spacial score (nSPS) is 19.9. The minimum atomic E-state index is -4.70. The molecule has 0 spiro atoms. The van der Waals surface area contributed by atoms with E-state index in [1.807, 2.05) is 0 Å². The van der Waals surface area contributed by atoms with Crippen LogP contribution in [0.3, 0.4) is 0 Å². The highest BCUT2D eigenvalue weighted by Gasteiger charge is 2.45. The number of alkyl halides is 3. The van der Waals surface area contributed by atoms with Crippen LogP contribution in [0.4, 0.5) is 13.2 Å². The predicted octanol–water partition coefficient (Wildman–Crippen LogP) is 3.58. The van der Waals surface area contributed by atoms with Crippen molar-refractivity contribution in [1.82, 2.24) is 4.31 Å². The molecule has 1 aromatic carbocycles. The van der Waals surface area contributed by atoms with E-state index in [4.69, 9.17) is 0 Å². The lowest BCUT2D eigenvalue weighted by Gasteiger charge is -2.31. The monoisotopic (exact) mass is 321 g/mol. The quantitative estimate of drug-likeness (QED) is 0.835. The number of hydrogen-bond acceptors (Lipinski definition) is 2. The molecule has 0 saturated carbocycles. The zero-order valence-corrected chi connectivity index (χ0v) is 13.0. The zero-order valence-electron chi connectivity index (χ0n) is 12.2. The minimum Gasteiger partial charge on any atom is -0.207 e. The Morgan fingerprint density at radius 3 is 2.33 bits per heavy atom. The van der Waals surface area contributed by atoms with Crippen LogP contribution in [0.15, 0.2) is 23.1 Å². The van der Waals surface area contributed by atoms with Crippen LogP contribution in [-0.2, 0) is 16.2 Å². The third-order valence-corrected chi connectivity index (χ3v) is 6.00. The maximum absolute atomic E-state index is 13.2. The van der Waals surface area contributed by atoms with Gasteiger partial charge in [-0.1, -0.05) is 11.6 Å². The smallest absolute Gasteiger partial charge is 0.207 e. The van der Waals surface area contributed by atoms with Crippen LogP contribution < -0.4 is 0 Å². The SMILES string of the molecule is Cc1ccc(S(=O)(=O)N2CCCC2(C)C)c(C(F)(F)F)c1. The molecule has 0 unspecified atom stereocenters. The Morgan fingerprint density at radius 1 is 1.24 bits per heavy atom. The van der Waals surface area contributed by atoms with Gasteiger partial charge in [-0.15, -0.1) is 0 Å². The van der Waals surface area contributed by atoms with Gasteiger partial charge in [-0.2, -0.15) is 17.5 Å². The standard InChI is InChI=1S/C14H18F3NO2S/c1-10-5-6-12(11(9-10)14(15,16)17)21(19,20)18-8-4-7-13(18,2)3/h5-6,9H,4,7-8H2,1-3H3. The molecule has 0 amide bonds. The average Bonchev–Trinajstić information content (AvgIpc) is 2.68. The Labute approximate surface area is 122 Å². The fraction of sp³-hybridized carbons (Fsp3) is 0.571. The third kappa shape index (κ3) is 2.94. The Balaban J connectivity index is 2.61. The highest BCUT2D eigenvalue weighted by atomic mass is 32.2. The number of benzene rings is 1. The second-order valence-corrected chi connectivity index (χ2v) is 7.82. The molecular formula is C14H18F3NO2S. The summed E-state index contributed by atoms with van der Waals surface area (Å²) in [4.78, 5) is -0.657. The molecule has 0 N–H and O–H groups in total. The Hall–Kier alpha value is -1.08. The number of rotatable bonds is 2. The molecule has 1 aliphatic heterocycles. The van der Waals surface area contributed by atoms with E-state index in [2.05, 4.69) is 0 Å². The maximum Gasteiger partial charge on any atom is 0.417 e. The molecule has 0 atom stereocenters. The van der Waals surface area contributed by atoms with E-state index in [9.17, 15) is 21.6 Å². The largest absolute Gasteiger partial charge is 0.417 e. The lowest BCUT2D eigenvalue weighted by atomic mass is 10.0. The van der Waals surface area contributed by atoms with Crippen LogP contribution in [0, 0.1) is 6.92 Å². The molecule has 1 aliphatic rings. The molecule has 1 fully saturated rings. The van der Waals surface area contributed by atoms with Crippen molar-refractivity contribution in [2.24, 2.45) is 0 Å². The number of hydrogen-bond donors (Lipinski definition) is 0. The highest BCUT2D eigenvalue weighted by Crippen LogP contribution is 2.39. The first-order chi connectivity index (χ1) is 9.46. The molecule has 7 heteroatoms. The van der Waals surface area contributed by atoms with Crippen LogP contribution in [0.2, 0.25) is 0 Å². The molecule has 3 nitrogen and oxygen atoms in total. The number of nitrogens with zero attached hydrogens (tertiary/aromatic N) is 1. The summed E-state index contributed by atoms with van der Waals surface area (Å²) >= 11 is 0. The fourth-order valence-corrected chi connectivity index (χ4v) is 4.78. The molecule has 0 aliphatic carbocycles. The summed E-state index contributed by atoms with van der Waals surface area (Å²) in [6, 6.07) is 3.34. The van der Waals surface area contributed by atoms with E-state index in [1.165, 1.54) is 17.3 Å². The first kappa shape index (κ1) is 16.3. The lowest BCUT2D eigenvalue weighted by Crippen LogP contribution is -2.43. The average molecular weight is 321 g/mol. The predicted molar refractivity (Wildman–Crippen MR) is 73.4 cm³/mol. The summed E-state index contributed by atoms with van der Waals surface area (Å²) in [6.45, 7) is 5.23. The van der Waals surface area contributed by atoms with Gasteiger partial charge in [-0.25, -0.2) is 8.42 Å². The number of aryl methyl sites for hydroxylation is 1. The van der Waals surface area contributed by atoms with Crippen molar-refractivity contribution in [3.05, 3.63) is 29.3 Å². The summed E-state index contributed by atoms with van der Waals surface area (Å²) in [6.07, 6.45) is -3.41. The Kier molecular flexibility index (Phi) is 3.87. The molecular weight excluding hydrogens is 303 g/mol. The van der Waals surface area contributed by atoms with Gasteiger partial charge in [0.2, 0.25) is 10.0 Å². The van der Waals surface area contributed by atoms with Gasteiger partial charge in [0.15, 0.2) is 0 Å². The van der Waals surface area contributed by atoms with E-state index in [0.29, 0.717) is 18.4 Å². The molecule has 0 aromatic heterocycles. The van der Waals surface area contributed by atoms with Crippen molar-refractivity contribution in [1.29, 1.82) is 0 Å². The summed E-state index contributed by atoms with van der Waals surface area (Å²) in [5.74, 6) is 0. The number of sulfonamides is 1. The van der Waals surface area contributed by atoms with Gasteiger partial charge in [0.1, 0.15) is 0 Å². The van der Waals surface area contributed by atoms with Gasteiger partial charge in [-0.05, 0) is 45.7 Å².